The number of carbonyl (C=O) groups excluding carboxylic acids is 1. The van der Waals surface area contributed by atoms with Gasteiger partial charge < -0.3 is 9.84 Å². The smallest absolute Gasteiger partial charge is 0.353 e. The van der Waals surface area contributed by atoms with Crippen LogP contribution < -0.4 is 4.74 Å². The Morgan fingerprint density at radius 3 is 2.58 bits per heavy atom. The minimum absolute atomic E-state index is 0.212. The van der Waals surface area contributed by atoms with Crippen LogP contribution in [0, 0.1) is 0 Å². The van der Waals surface area contributed by atoms with Crippen molar-refractivity contribution in [1.82, 2.24) is 0 Å². The average Bonchev–Trinajstić information content (AvgIpc) is 2.83. The van der Waals surface area contributed by atoms with Crippen LogP contribution in [0.2, 0.25) is 0 Å². The first kappa shape index (κ1) is 13.6. The van der Waals surface area contributed by atoms with Gasteiger partial charge in [-0.05, 0) is 35.1 Å². The van der Waals surface area contributed by atoms with Gasteiger partial charge in [-0.1, -0.05) is 26.8 Å². The van der Waals surface area contributed by atoms with Crippen LogP contribution in [0.4, 0.5) is 0 Å². The van der Waals surface area contributed by atoms with E-state index in [1.54, 1.807) is 30.3 Å². The van der Waals surface area contributed by atoms with Crippen molar-refractivity contribution in [2.45, 2.75) is 26.2 Å². The molecule has 4 heteroatoms. The quantitative estimate of drug-likeness (QED) is 0.667. The molecule has 100 valence electrons. The Balaban J connectivity index is 2.25. The van der Waals surface area contributed by atoms with Gasteiger partial charge in [0.15, 0.2) is 0 Å². The van der Waals surface area contributed by atoms with Crippen LogP contribution >= 0.6 is 11.3 Å². The second kappa shape index (κ2) is 5.05. The fourth-order valence-corrected chi connectivity index (χ4v) is 2.33. The normalized spacial score (nSPS) is 11.3. The predicted molar refractivity (Wildman–Crippen MR) is 76.1 cm³/mol. The van der Waals surface area contributed by atoms with E-state index in [0.717, 1.165) is 5.56 Å². The van der Waals surface area contributed by atoms with Crippen molar-refractivity contribution in [2.75, 3.05) is 0 Å². The van der Waals surface area contributed by atoms with E-state index in [4.69, 9.17) is 4.74 Å². The first-order chi connectivity index (χ1) is 8.88. The molecule has 0 saturated carbocycles. The molecular weight excluding hydrogens is 260 g/mol. The van der Waals surface area contributed by atoms with Gasteiger partial charge in [-0.2, -0.15) is 0 Å². The summed E-state index contributed by atoms with van der Waals surface area (Å²) in [5.74, 6) is 0.282. The summed E-state index contributed by atoms with van der Waals surface area (Å²) < 4.78 is 5.31. The van der Waals surface area contributed by atoms with E-state index in [-0.39, 0.29) is 17.1 Å². The molecular formula is C15H16O3S. The SMILES string of the molecule is CC(C)(C)c1cc(OC(=O)c2cccs2)ccc1O. The lowest BCUT2D eigenvalue weighted by Gasteiger charge is -2.20. The third-order valence-corrected chi connectivity index (χ3v) is 3.56. The molecule has 0 bridgehead atoms. The van der Waals surface area contributed by atoms with Crippen LogP contribution in [0.5, 0.6) is 11.5 Å². The van der Waals surface area contributed by atoms with Crippen molar-refractivity contribution < 1.29 is 14.6 Å². The Kier molecular flexibility index (Phi) is 3.62. The van der Waals surface area contributed by atoms with E-state index in [1.807, 2.05) is 26.2 Å². The van der Waals surface area contributed by atoms with Crippen LogP contribution in [0.25, 0.3) is 0 Å². The Labute approximate surface area is 116 Å². The summed E-state index contributed by atoms with van der Waals surface area (Å²) in [4.78, 5) is 12.4. The molecule has 0 saturated heterocycles. The number of hydrogen-bond donors (Lipinski definition) is 1. The van der Waals surface area contributed by atoms with Crippen molar-refractivity contribution in [3.63, 3.8) is 0 Å². The molecule has 0 spiro atoms. The predicted octanol–water partition coefficient (Wildman–Crippen LogP) is 3.97. The number of hydrogen-bond acceptors (Lipinski definition) is 4. The maximum absolute atomic E-state index is 11.8. The first-order valence-electron chi connectivity index (χ1n) is 5.97. The lowest BCUT2D eigenvalue weighted by atomic mass is 9.86. The highest BCUT2D eigenvalue weighted by Crippen LogP contribution is 2.33. The second-order valence-corrected chi connectivity index (χ2v) is 6.24. The molecule has 1 N–H and O–H groups in total. The maximum Gasteiger partial charge on any atom is 0.353 e. The average molecular weight is 276 g/mol. The summed E-state index contributed by atoms with van der Waals surface area (Å²) in [6.07, 6.45) is 0. The molecule has 0 unspecified atom stereocenters. The summed E-state index contributed by atoms with van der Waals surface area (Å²) in [5.41, 5.74) is 0.541. The minimum atomic E-state index is -0.374. The lowest BCUT2D eigenvalue weighted by molar-refractivity contribution is 0.0739. The fourth-order valence-electron chi connectivity index (χ4n) is 1.73. The zero-order valence-electron chi connectivity index (χ0n) is 11.1. The van der Waals surface area contributed by atoms with E-state index >= 15 is 0 Å². The number of esters is 1. The number of thiophene rings is 1. The van der Waals surface area contributed by atoms with E-state index in [9.17, 15) is 9.90 Å². The number of phenols is 1. The maximum atomic E-state index is 11.8. The summed E-state index contributed by atoms with van der Waals surface area (Å²) in [5, 5.41) is 11.7. The van der Waals surface area contributed by atoms with Gasteiger partial charge in [0.25, 0.3) is 0 Å². The monoisotopic (exact) mass is 276 g/mol. The van der Waals surface area contributed by atoms with E-state index in [0.29, 0.717) is 10.6 Å². The lowest BCUT2D eigenvalue weighted by Crippen LogP contribution is -2.12. The van der Waals surface area contributed by atoms with Gasteiger partial charge >= 0.3 is 5.97 Å². The van der Waals surface area contributed by atoms with Crippen LogP contribution in [-0.4, -0.2) is 11.1 Å². The molecule has 19 heavy (non-hydrogen) atoms. The van der Waals surface area contributed by atoms with Gasteiger partial charge in [-0.25, -0.2) is 4.79 Å². The number of benzene rings is 1. The van der Waals surface area contributed by atoms with Gasteiger partial charge in [0.1, 0.15) is 16.4 Å². The highest BCUT2D eigenvalue weighted by molar-refractivity contribution is 7.12. The molecule has 0 atom stereocenters. The fraction of sp³-hybridized carbons (Fsp3) is 0.267. The van der Waals surface area contributed by atoms with Gasteiger partial charge in [0.05, 0.1) is 0 Å². The zero-order chi connectivity index (χ0) is 14.0. The number of rotatable bonds is 2. The number of aromatic hydroxyl groups is 1. The van der Waals surface area contributed by atoms with E-state index in [2.05, 4.69) is 0 Å². The number of phenolic OH excluding ortho intramolecular Hbond substituents is 1. The molecule has 3 nitrogen and oxygen atoms in total. The molecule has 0 aliphatic heterocycles. The molecule has 0 fully saturated rings. The third kappa shape index (κ3) is 3.15. The highest BCUT2D eigenvalue weighted by Gasteiger charge is 2.19. The molecule has 0 amide bonds. The molecule has 0 radical (unpaired) electrons. The number of carbonyl (C=O) groups is 1. The summed E-state index contributed by atoms with van der Waals surface area (Å²) >= 11 is 1.34. The molecule has 0 aliphatic carbocycles. The van der Waals surface area contributed by atoms with Gasteiger partial charge in [0, 0.05) is 5.56 Å². The van der Waals surface area contributed by atoms with E-state index in [1.165, 1.54) is 11.3 Å². The van der Waals surface area contributed by atoms with Crippen LogP contribution in [0.1, 0.15) is 36.0 Å². The van der Waals surface area contributed by atoms with Gasteiger partial charge in [0.2, 0.25) is 0 Å². The largest absolute Gasteiger partial charge is 0.508 e. The highest BCUT2D eigenvalue weighted by atomic mass is 32.1. The molecule has 2 aromatic rings. The minimum Gasteiger partial charge on any atom is -0.508 e. The second-order valence-electron chi connectivity index (χ2n) is 5.30. The van der Waals surface area contributed by atoms with Crippen molar-refractivity contribution in [1.29, 1.82) is 0 Å². The van der Waals surface area contributed by atoms with Gasteiger partial charge in [-0.3, -0.25) is 0 Å². The molecule has 1 aromatic heterocycles. The van der Waals surface area contributed by atoms with Gasteiger partial charge in [-0.15, -0.1) is 11.3 Å². The van der Waals surface area contributed by atoms with Crippen molar-refractivity contribution in [3.05, 3.63) is 46.2 Å². The first-order valence-corrected chi connectivity index (χ1v) is 6.85. The Morgan fingerprint density at radius 1 is 1.26 bits per heavy atom. The molecule has 1 heterocycles. The Hall–Kier alpha value is -1.81. The van der Waals surface area contributed by atoms with Crippen molar-refractivity contribution in [2.24, 2.45) is 0 Å². The molecule has 0 aliphatic rings. The zero-order valence-corrected chi connectivity index (χ0v) is 12.0. The van der Waals surface area contributed by atoms with Crippen molar-refractivity contribution in [3.8, 4) is 11.5 Å². The van der Waals surface area contributed by atoms with E-state index < -0.39 is 0 Å². The molecule has 1 aromatic carbocycles. The Bertz CT molecular complexity index is 580. The summed E-state index contributed by atoms with van der Waals surface area (Å²) in [7, 11) is 0. The molecule has 2 rings (SSSR count). The van der Waals surface area contributed by atoms with Crippen molar-refractivity contribution >= 4 is 17.3 Å². The van der Waals surface area contributed by atoms with Crippen LogP contribution in [0.3, 0.4) is 0 Å². The topological polar surface area (TPSA) is 46.5 Å². The Morgan fingerprint density at radius 2 is 2.00 bits per heavy atom. The van der Waals surface area contributed by atoms with Crippen LogP contribution in [-0.2, 0) is 5.41 Å². The number of ether oxygens (including phenoxy) is 1. The third-order valence-electron chi connectivity index (χ3n) is 2.71. The standard InChI is InChI=1S/C15H16O3S/c1-15(2,3)11-9-10(6-7-12(11)16)18-14(17)13-5-4-8-19-13/h4-9,16H,1-3H3. The summed E-state index contributed by atoms with van der Waals surface area (Å²) in [6.45, 7) is 5.98. The summed E-state index contributed by atoms with van der Waals surface area (Å²) in [6, 6.07) is 8.38. The van der Waals surface area contributed by atoms with Crippen LogP contribution in [0.15, 0.2) is 35.7 Å².